The molecule has 0 amide bonds. The largest absolute Gasteiger partial charge is 0.479 e. The number of halogens is 1. The van der Waals surface area contributed by atoms with E-state index >= 15 is 0 Å². The van der Waals surface area contributed by atoms with Gasteiger partial charge in [0, 0.05) is 12.5 Å². The van der Waals surface area contributed by atoms with Gasteiger partial charge in [0.1, 0.15) is 0 Å². The molecule has 0 aliphatic carbocycles. The average molecular weight is 161 g/mol. The minimum absolute atomic E-state index is 0.0705. The van der Waals surface area contributed by atoms with Gasteiger partial charge in [-0.1, -0.05) is 0 Å². The summed E-state index contributed by atoms with van der Waals surface area (Å²) in [7, 11) is 0. The van der Waals surface area contributed by atoms with Gasteiger partial charge >= 0.3 is 5.97 Å². The molecule has 0 bridgehead atoms. The van der Waals surface area contributed by atoms with E-state index in [9.17, 15) is 9.18 Å². The van der Waals surface area contributed by atoms with Crippen molar-refractivity contribution in [3.63, 3.8) is 0 Å². The number of alkyl halides is 1. The fraction of sp³-hybridized carbons (Fsp3) is 0.857. The summed E-state index contributed by atoms with van der Waals surface area (Å²) in [6.45, 7) is 0.886. The number of rotatable bonds is 3. The van der Waals surface area contributed by atoms with Crippen molar-refractivity contribution < 1.29 is 14.3 Å². The Kier molecular flexibility index (Phi) is 2.82. The zero-order valence-electron chi connectivity index (χ0n) is 6.22. The minimum atomic E-state index is -1.70. The highest BCUT2D eigenvalue weighted by Crippen LogP contribution is 2.12. The van der Waals surface area contributed by atoms with E-state index < -0.39 is 12.1 Å². The lowest BCUT2D eigenvalue weighted by Gasteiger charge is -2.09. The highest BCUT2D eigenvalue weighted by Gasteiger charge is 2.23. The molecule has 1 heterocycles. The third-order valence-corrected chi connectivity index (χ3v) is 1.92. The molecule has 1 aliphatic heterocycles. The highest BCUT2D eigenvalue weighted by molar-refractivity contribution is 5.72. The van der Waals surface area contributed by atoms with Crippen LogP contribution in [-0.4, -0.2) is 29.8 Å². The van der Waals surface area contributed by atoms with Gasteiger partial charge in [-0.3, -0.25) is 0 Å². The van der Waals surface area contributed by atoms with Crippen molar-refractivity contribution in [3.8, 4) is 0 Å². The van der Waals surface area contributed by atoms with Gasteiger partial charge in [-0.15, -0.1) is 0 Å². The van der Waals surface area contributed by atoms with Crippen LogP contribution in [0.25, 0.3) is 0 Å². The highest BCUT2D eigenvalue weighted by atomic mass is 19.1. The van der Waals surface area contributed by atoms with Gasteiger partial charge < -0.3 is 10.4 Å². The first-order valence-corrected chi connectivity index (χ1v) is 3.80. The number of carboxylic acids is 1. The molecule has 1 rings (SSSR count). The third kappa shape index (κ3) is 2.46. The van der Waals surface area contributed by atoms with Crippen molar-refractivity contribution in [1.82, 2.24) is 5.32 Å². The van der Waals surface area contributed by atoms with Crippen LogP contribution in [0.3, 0.4) is 0 Å². The topological polar surface area (TPSA) is 49.3 Å². The maximum absolute atomic E-state index is 12.5. The van der Waals surface area contributed by atoms with Crippen molar-refractivity contribution in [3.05, 3.63) is 0 Å². The Bertz CT molecular complexity index is 145. The van der Waals surface area contributed by atoms with Crippen molar-refractivity contribution in [2.75, 3.05) is 6.54 Å². The monoisotopic (exact) mass is 161 g/mol. The first kappa shape index (κ1) is 8.46. The van der Waals surface area contributed by atoms with Gasteiger partial charge in [-0.05, 0) is 19.4 Å². The molecule has 1 saturated heterocycles. The molecule has 4 heteroatoms. The molecule has 64 valence electrons. The molecule has 0 aromatic rings. The molecule has 3 nitrogen and oxygen atoms in total. The molecule has 11 heavy (non-hydrogen) atoms. The van der Waals surface area contributed by atoms with Crippen LogP contribution in [0.2, 0.25) is 0 Å². The third-order valence-electron chi connectivity index (χ3n) is 1.92. The van der Waals surface area contributed by atoms with Crippen LogP contribution in [0.4, 0.5) is 4.39 Å². The standard InChI is InChI=1S/C7H12FNO2/c8-6(7(10)11)4-5-2-1-3-9-5/h5-6,9H,1-4H2,(H,10,11). The summed E-state index contributed by atoms with van der Waals surface area (Å²) < 4.78 is 12.5. The summed E-state index contributed by atoms with van der Waals surface area (Å²) in [6, 6.07) is 0.0705. The summed E-state index contributed by atoms with van der Waals surface area (Å²) in [5.74, 6) is -1.35. The summed E-state index contributed by atoms with van der Waals surface area (Å²) in [6.07, 6.45) is 0.325. The Labute approximate surface area is 64.6 Å². The molecule has 2 N–H and O–H groups in total. The van der Waals surface area contributed by atoms with Crippen molar-refractivity contribution in [2.45, 2.75) is 31.5 Å². The average Bonchev–Trinajstić information content (AvgIpc) is 2.39. The number of hydrogen-bond donors (Lipinski definition) is 2. The predicted molar refractivity (Wildman–Crippen MR) is 38.2 cm³/mol. The molecule has 1 aliphatic rings. The van der Waals surface area contributed by atoms with Gasteiger partial charge in [0.15, 0.2) is 6.17 Å². The fourth-order valence-corrected chi connectivity index (χ4v) is 1.31. The molecule has 0 aromatic carbocycles. The van der Waals surface area contributed by atoms with E-state index in [1.165, 1.54) is 0 Å². The van der Waals surface area contributed by atoms with E-state index in [1.807, 2.05) is 0 Å². The molecule has 0 aromatic heterocycles. The van der Waals surface area contributed by atoms with Crippen LogP contribution in [0, 0.1) is 0 Å². The SMILES string of the molecule is O=C(O)C(F)CC1CCCN1. The van der Waals surface area contributed by atoms with Crippen LogP contribution in [0.1, 0.15) is 19.3 Å². The van der Waals surface area contributed by atoms with Crippen molar-refractivity contribution in [1.29, 1.82) is 0 Å². The van der Waals surface area contributed by atoms with Gasteiger partial charge in [0.05, 0.1) is 0 Å². The molecular formula is C7H12FNO2. The Balaban J connectivity index is 2.23. The summed E-state index contributed by atoms with van der Waals surface area (Å²) in [5, 5.41) is 11.3. The molecule has 0 spiro atoms. The van der Waals surface area contributed by atoms with Gasteiger partial charge in [0.2, 0.25) is 0 Å². The Morgan fingerprint density at radius 3 is 3.00 bits per heavy atom. The molecule has 2 atom stereocenters. The van der Waals surface area contributed by atoms with Crippen LogP contribution in [0.5, 0.6) is 0 Å². The van der Waals surface area contributed by atoms with Crippen LogP contribution < -0.4 is 5.32 Å². The number of hydrogen-bond acceptors (Lipinski definition) is 2. The summed E-state index contributed by atoms with van der Waals surface area (Å²) >= 11 is 0. The molecule has 2 unspecified atom stereocenters. The quantitative estimate of drug-likeness (QED) is 0.635. The normalized spacial score (nSPS) is 26.8. The molecule has 0 radical (unpaired) electrons. The van der Waals surface area contributed by atoms with Crippen LogP contribution >= 0.6 is 0 Å². The number of aliphatic carboxylic acids is 1. The minimum Gasteiger partial charge on any atom is -0.479 e. The number of carboxylic acid groups (broad SMARTS) is 1. The van der Waals surface area contributed by atoms with Gasteiger partial charge in [-0.25, -0.2) is 9.18 Å². The lowest BCUT2D eigenvalue weighted by molar-refractivity contribution is -0.143. The molecule has 1 fully saturated rings. The smallest absolute Gasteiger partial charge is 0.338 e. The summed E-state index contributed by atoms with van der Waals surface area (Å²) in [4.78, 5) is 10.1. The lowest BCUT2D eigenvalue weighted by Crippen LogP contribution is -2.28. The van der Waals surface area contributed by atoms with Gasteiger partial charge in [0.25, 0.3) is 0 Å². The molecule has 0 saturated carbocycles. The van der Waals surface area contributed by atoms with E-state index in [0.717, 1.165) is 19.4 Å². The maximum Gasteiger partial charge on any atom is 0.338 e. The summed E-state index contributed by atoms with van der Waals surface area (Å²) in [5.41, 5.74) is 0. The zero-order chi connectivity index (χ0) is 8.27. The number of nitrogens with one attached hydrogen (secondary N) is 1. The van der Waals surface area contributed by atoms with E-state index in [1.54, 1.807) is 0 Å². The van der Waals surface area contributed by atoms with E-state index in [2.05, 4.69) is 5.32 Å². The first-order chi connectivity index (χ1) is 5.20. The Hall–Kier alpha value is -0.640. The second kappa shape index (κ2) is 3.67. The Morgan fingerprint density at radius 1 is 1.82 bits per heavy atom. The fourth-order valence-electron chi connectivity index (χ4n) is 1.31. The second-order valence-corrected chi connectivity index (χ2v) is 2.83. The Morgan fingerprint density at radius 2 is 2.55 bits per heavy atom. The van der Waals surface area contributed by atoms with E-state index in [0.29, 0.717) is 0 Å². The van der Waals surface area contributed by atoms with Crippen molar-refractivity contribution >= 4 is 5.97 Å². The predicted octanol–water partition coefficient (Wildman–Crippen LogP) is 0.551. The van der Waals surface area contributed by atoms with Crippen LogP contribution in [-0.2, 0) is 4.79 Å². The van der Waals surface area contributed by atoms with Gasteiger partial charge in [-0.2, -0.15) is 0 Å². The lowest BCUT2D eigenvalue weighted by atomic mass is 10.1. The second-order valence-electron chi connectivity index (χ2n) is 2.83. The zero-order valence-corrected chi connectivity index (χ0v) is 6.22. The maximum atomic E-state index is 12.5. The first-order valence-electron chi connectivity index (χ1n) is 3.80. The van der Waals surface area contributed by atoms with E-state index in [4.69, 9.17) is 5.11 Å². The van der Waals surface area contributed by atoms with E-state index in [-0.39, 0.29) is 12.5 Å². The molecular weight excluding hydrogens is 149 g/mol. The van der Waals surface area contributed by atoms with Crippen molar-refractivity contribution in [2.24, 2.45) is 0 Å². The van der Waals surface area contributed by atoms with Crippen LogP contribution in [0.15, 0.2) is 0 Å². The number of carbonyl (C=O) groups is 1.